The van der Waals surface area contributed by atoms with Gasteiger partial charge < -0.3 is 9.72 Å². The first-order chi connectivity index (χ1) is 16.5. The van der Waals surface area contributed by atoms with Crippen LogP contribution in [0.1, 0.15) is 63.5 Å². The molecule has 1 aliphatic carbocycles. The summed E-state index contributed by atoms with van der Waals surface area (Å²) >= 11 is 0. The molecule has 8 nitrogen and oxygen atoms in total. The molecule has 3 aromatic heterocycles. The highest BCUT2D eigenvalue weighted by atomic mass is 16.5. The number of H-pyrrole nitrogens is 1. The molecule has 2 aliphatic rings. The number of methoxy groups -OCH3 is 1. The summed E-state index contributed by atoms with van der Waals surface area (Å²) in [5, 5.41) is 4.32. The number of hydrogen-bond acceptors (Lipinski definition) is 5. The van der Waals surface area contributed by atoms with Crippen LogP contribution in [-0.4, -0.2) is 55.3 Å². The highest BCUT2D eigenvalue weighted by Gasteiger charge is 2.31. The minimum atomic E-state index is -0.00776. The Labute approximate surface area is 198 Å². The summed E-state index contributed by atoms with van der Waals surface area (Å²) in [5.74, 6) is 0.960. The molecule has 34 heavy (non-hydrogen) atoms. The molecule has 1 N–H and O–H groups in total. The van der Waals surface area contributed by atoms with E-state index in [0.717, 1.165) is 48.1 Å². The normalized spacial score (nSPS) is 19.8. The zero-order chi connectivity index (χ0) is 23.4. The van der Waals surface area contributed by atoms with Crippen molar-refractivity contribution < 1.29 is 4.74 Å². The van der Waals surface area contributed by atoms with Crippen LogP contribution in [0.25, 0.3) is 27.8 Å². The average Bonchev–Trinajstić information content (AvgIpc) is 3.39. The number of rotatable bonds is 5. The van der Waals surface area contributed by atoms with Gasteiger partial charge in [0.05, 0.1) is 24.2 Å². The Morgan fingerprint density at radius 2 is 1.94 bits per heavy atom. The van der Waals surface area contributed by atoms with E-state index in [0.29, 0.717) is 17.4 Å². The number of aromatic nitrogens is 5. The molecule has 0 bridgehead atoms. The minimum absolute atomic E-state index is 0.00776. The molecule has 0 unspecified atom stereocenters. The molecular formula is C26H32N6O2. The van der Waals surface area contributed by atoms with E-state index in [4.69, 9.17) is 4.74 Å². The second-order valence-electron chi connectivity index (χ2n) is 10.1. The zero-order valence-electron chi connectivity index (χ0n) is 20.1. The Morgan fingerprint density at radius 1 is 1.12 bits per heavy atom. The molecule has 178 valence electrons. The second kappa shape index (κ2) is 8.27. The lowest BCUT2D eigenvalue weighted by atomic mass is 9.89. The number of nitrogens with zero attached hydrogens (tertiary/aromatic N) is 5. The predicted octanol–water partition coefficient (Wildman–Crippen LogP) is 4.36. The minimum Gasteiger partial charge on any atom is -0.493 e. The highest BCUT2D eigenvalue weighted by Crippen LogP contribution is 2.37. The quantitative estimate of drug-likeness (QED) is 0.479. The van der Waals surface area contributed by atoms with Crippen LogP contribution in [0.4, 0.5) is 0 Å². The molecule has 0 spiro atoms. The number of hydrogen-bond donors (Lipinski definition) is 1. The molecule has 8 heteroatoms. The Balaban J connectivity index is 1.47. The molecule has 0 radical (unpaired) electrons. The summed E-state index contributed by atoms with van der Waals surface area (Å²) in [7, 11) is 1.65. The fraction of sp³-hybridized carbons (Fsp3) is 0.500. The van der Waals surface area contributed by atoms with E-state index >= 15 is 0 Å². The third-order valence-electron chi connectivity index (χ3n) is 7.77. The number of likely N-dealkylation sites (tertiary alicyclic amines) is 1. The molecule has 1 saturated heterocycles. The molecule has 0 amide bonds. The lowest BCUT2D eigenvalue weighted by Crippen LogP contribution is -2.47. The van der Waals surface area contributed by atoms with Crippen molar-refractivity contribution in [3.8, 4) is 16.9 Å². The smallest absolute Gasteiger partial charge is 0.326 e. The van der Waals surface area contributed by atoms with E-state index in [-0.39, 0.29) is 17.6 Å². The van der Waals surface area contributed by atoms with Crippen molar-refractivity contribution in [1.82, 2.24) is 29.0 Å². The van der Waals surface area contributed by atoms with Gasteiger partial charge in [-0.2, -0.15) is 5.10 Å². The van der Waals surface area contributed by atoms with Crippen molar-refractivity contribution in [1.29, 1.82) is 0 Å². The van der Waals surface area contributed by atoms with Gasteiger partial charge in [0.25, 0.3) is 0 Å². The van der Waals surface area contributed by atoms with Crippen LogP contribution in [0.2, 0.25) is 0 Å². The van der Waals surface area contributed by atoms with Gasteiger partial charge in [-0.3, -0.25) is 9.47 Å². The number of benzene rings is 1. The standard InChI is InChI=1S/C26H32N6O2/c1-16(2)20-12-23-22(11-21(20)17-10-24(34-3)25-27-15-28-31(25)13-17)29-26(33)32(23)19-8-5-9-30(14-19)18-6-4-7-18/h10-13,15-16,18-19H,4-9,14H2,1-3H3,(H,29,33)/t19-/m0/s1. The van der Waals surface area contributed by atoms with Crippen molar-refractivity contribution >= 4 is 16.7 Å². The van der Waals surface area contributed by atoms with Crippen molar-refractivity contribution in [2.75, 3.05) is 20.2 Å². The summed E-state index contributed by atoms with van der Waals surface area (Å²) < 4.78 is 9.36. The lowest BCUT2D eigenvalue weighted by molar-refractivity contribution is 0.0799. The Kier molecular flexibility index (Phi) is 5.21. The first-order valence-corrected chi connectivity index (χ1v) is 12.4. The van der Waals surface area contributed by atoms with Crippen molar-refractivity contribution in [3.63, 3.8) is 0 Å². The summed E-state index contributed by atoms with van der Waals surface area (Å²) in [4.78, 5) is 23.3. The number of pyridine rings is 1. The third kappa shape index (κ3) is 3.43. The second-order valence-corrected chi connectivity index (χ2v) is 10.1. The molecule has 1 aromatic carbocycles. The Hall–Kier alpha value is -3.13. The van der Waals surface area contributed by atoms with Crippen LogP contribution >= 0.6 is 0 Å². The van der Waals surface area contributed by atoms with Gasteiger partial charge in [-0.25, -0.2) is 14.3 Å². The fourth-order valence-electron chi connectivity index (χ4n) is 5.75. The van der Waals surface area contributed by atoms with Crippen LogP contribution in [0.5, 0.6) is 5.75 Å². The molecule has 2 fully saturated rings. The number of piperidine rings is 1. The molecule has 1 atom stereocenters. The topological polar surface area (TPSA) is 80.5 Å². The van der Waals surface area contributed by atoms with Gasteiger partial charge in [-0.15, -0.1) is 0 Å². The average molecular weight is 461 g/mol. The number of aromatic amines is 1. The maximum absolute atomic E-state index is 13.2. The lowest BCUT2D eigenvalue weighted by Gasteiger charge is -2.42. The summed E-state index contributed by atoms with van der Waals surface area (Å²) in [6.45, 7) is 6.52. The fourth-order valence-corrected chi connectivity index (χ4v) is 5.75. The van der Waals surface area contributed by atoms with Gasteiger partial charge in [0.15, 0.2) is 11.4 Å². The van der Waals surface area contributed by atoms with Crippen molar-refractivity contribution in [2.45, 2.75) is 64.0 Å². The zero-order valence-corrected chi connectivity index (χ0v) is 20.1. The van der Waals surface area contributed by atoms with Crippen LogP contribution in [-0.2, 0) is 0 Å². The third-order valence-corrected chi connectivity index (χ3v) is 7.77. The first kappa shape index (κ1) is 21.4. The monoisotopic (exact) mass is 460 g/mol. The number of ether oxygens (including phenoxy) is 1. The van der Waals surface area contributed by atoms with E-state index in [1.54, 1.807) is 11.6 Å². The summed E-state index contributed by atoms with van der Waals surface area (Å²) in [6.07, 6.45) is 9.64. The molecule has 6 rings (SSSR count). The molecule has 4 heterocycles. The molecule has 4 aromatic rings. The number of imidazole rings is 1. The Morgan fingerprint density at radius 3 is 2.68 bits per heavy atom. The molecular weight excluding hydrogens is 428 g/mol. The van der Waals surface area contributed by atoms with E-state index in [2.05, 4.69) is 45.9 Å². The van der Waals surface area contributed by atoms with E-state index < -0.39 is 0 Å². The van der Waals surface area contributed by atoms with Crippen molar-refractivity contribution in [2.24, 2.45) is 0 Å². The van der Waals surface area contributed by atoms with Crippen molar-refractivity contribution in [3.05, 3.63) is 46.8 Å². The van der Waals surface area contributed by atoms with Gasteiger partial charge in [-0.1, -0.05) is 20.3 Å². The predicted molar refractivity (Wildman–Crippen MR) is 133 cm³/mol. The van der Waals surface area contributed by atoms with Crippen LogP contribution in [0.15, 0.2) is 35.5 Å². The summed E-state index contributed by atoms with van der Waals surface area (Å²) in [5.41, 5.74) is 5.83. The molecule has 1 saturated carbocycles. The van der Waals surface area contributed by atoms with Crippen LogP contribution < -0.4 is 10.4 Å². The molecule has 1 aliphatic heterocycles. The van der Waals surface area contributed by atoms with Gasteiger partial charge in [0, 0.05) is 24.3 Å². The van der Waals surface area contributed by atoms with Gasteiger partial charge >= 0.3 is 5.69 Å². The van der Waals surface area contributed by atoms with E-state index in [9.17, 15) is 4.79 Å². The number of fused-ring (bicyclic) bond motifs is 2. The van der Waals surface area contributed by atoms with Gasteiger partial charge in [-0.05, 0) is 67.5 Å². The SMILES string of the molecule is COc1cc(-c2cc3[nH]c(=O)n([C@H]4CCCN(C5CCC5)C4)c3cc2C(C)C)cn2ncnc12. The van der Waals surface area contributed by atoms with Gasteiger partial charge in [0.1, 0.15) is 6.33 Å². The maximum Gasteiger partial charge on any atom is 0.326 e. The van der Waals surface area contributed by atoms with Crippen LogP contribution in [0, 0.1) is 0 Å². The number of nitrogens with one attached hydrogen (secondary N) is 1. The Bertz CT molecular complexity index is 1410. The van der Waals surface area contributed by atoms with E-state index in [1.807, 2.05) is 16.8 Å². The summed E-state index contributed by atoms with van der Waals surface area (Å²) in [6, 6.07) is 7.26. The largest absolute Gasteiger partial charge is 0.493 e. The maximum atomic E-state index is 13.2. The van der Waals surface area contributed by atoms with Gasteiger partial charge in [0.2, 0.25) is 0 Å². The van der Waals surface area contributed by atoms with E-state index in [1.165, 1.54) is 31.2 Å². The highest BCUT2D eigenvalue weighted by molar-refractivity contribution is 5.85. The first-order valence-electron chi connectivity index (χ1n) is 12.4. The van der Waals surface area contributed by atoms with Crippen LogP contribution in [0.3, 0.4) is 0 Å².